The molecule has 0 aromatic carbocycles. The van der Waals surface area contributed by atoms with Gasteiger partial charge in [-0.25, -0.2) is 0 Å². The van der Waals surface area contributed by atoms with E-state index in [1.807, 2.05) is 5.82 Å². The summed E-state index contributed by atoms with van der Waals surface area (Å²) in [5, 5.41) is 10.1. The average Bonchev–Trinajstić information content (AvgIpc) is 2.18. The Morgan fingerprint density at radius 2 is 2.08 bits per heavy atom. The van der Waals surface area contributed by atoms with Crippen LogP contribution in [-0.2, 0) is 4.79 Å². The van der Waals surface area contributed by atoms with Gasteiger partial charge in [-0.15, -0.1) is 0 Å². The first-order valence-corrected chi connectivity index (χ1v) is 7.64. The molecule has 0 saturated carbocycles. The Kier molecular flexibility index (Phi) is 4.78. The molecule has 1 rings (SSSR count). The second-order valence-corrected chi connectivity index (χ2v) is 5.27. The number of nitrogens with zero attached hydrogens (tertiary/aromatic N) is 1. The summed E-state index contributed by atoms with van der Waals surface area (Å²) >= 11 is 0.380. The number of aliphatic hydroxyl groups excluding tert-OH is 1. The number of hydrogen-bond donors (Lipinski definition) is 1. The van der Waals surface area contributed by atoms with Crippen molar-refractivity contribution >= 4 is 20.9 Å². The summed E-state index contributed by atoms with van der Waals surface area (Å²) in [5.41, 5.74) is 0. The van der Waals surface area contributed by atoms with Crippen LogP contribution in [0.4, 0.5) is 0 Å². The van der Waals surface area contributed by atoms with E-state index in [4.69, 9.17) is 0 Å². The molecule has 0 spiro atoms. The van der Waals surface area contributed by atoms with E-state index in [2.05, 4.69) is 0 Å². The third-order valence-corrected chi connectivity index (χ3v) is 3.64. The quantitative estimate of drug-likeness (QED) is 0.742. The summed E-state index contributed by atoms with van der Waals surface area (Å²) in [5.74, 6) is 1.99. The molecule has 1 amide bonds. The molecular formula is C9H17NO2Se. The van der Waals surface area contributed by atoms with Crippen LogP contribution in [0.2, 0.25) is 11.1 Å². The molecule has 0 aliphatic carbocycles. The second kappa shape index (κ2) is 5.63. The van der Waals surface area contributed by atoms with Crippen molar-refractivity contribution in [3.8, 4) is 0 Å². The molecule has 3 nitrogen and oxygen atoms in total. The zero-order valence-electron chi connectivity index (χ0n) is 8.03. The molecule has 0 radical (unpaired) electrons. The monoisotopic (exact) mass is 251 g/mol. The Bertz CT molecular complexity index is 169. The van der Waals surface area contributed by atoms with Gasteiger partial charge in [0.05, 0.1) is 0 Å². The number of rotatable bonds is 3. The van der Waals surface area contributed by atoms with Crippen LogP contribution < -0.4 is 0 Å². The summed E-state index contributed by atoms with van der Waals surface area (Å²) in [4.78, 5) is 13.4. The number of carbonyl (C=O) groups excluding carboxylic acids is 1. The van der Waals surface area contributed by atoms with Crippen LogP contribution >= 0.6 is 0 Å². The van der Waals surface area contributed by atoms with Gasteiger partial charge in [-0.1, -0.05) is 0 Å². The number of likely N-dealkylation sites (tertiary alicyclic amines) is 1. The van der Waals surface area contributed by atoms with E-state index in [9.17, 15) is 9.90 Å². The van der Waals surface area contributed by atoms with Gasteiger partial charge in [-0.2, -0.15) is 0 Å². The van der Waals surface area contributed by atoms with Crippen molar-refractivity contribution in [1.29, 1.82) is 0 Å². The fraction of sp³-hybridized carbons (Fsp3) is 0.889. The number of aliphatic hydroxyl groups is 1. The zero-order chi connectivity index (χ0) is 9.68. The first-order valence-electron chi connectivity index (χ1n) is 4.71. The van der Waals surface area contributed by atoms with Crippen LogP contribution in [0.1, 0.15) is 19.3 Å². The SMILES string of the molecule is C[Se]CC(O)C(=O)N1CCCCC1. The third kappa shape index (κ3) is 3.29. The predicted molar refractivity (Wildman–Crippen MR) is 52.9 cm³/mol. The standard InChI is InChI=1S/C9H17NO2Se/c1-13-7-8(11)9(12)10-5-3-2-4-6-10/h8,11H,2-7H2,1H3. The molecule has 1 heterocycles. The van der Waals surface area contributed by atoms with Gasteiger partial charge in [0.25, 0.3) is 0 Å². The fourth-order valence-electron chi connectivity index (χ4n) is 1.55. The fourth-order valence-corrected chi connectivity index (χ4v) is 2.52. The molecule has 0 aromatic rings. The second-order valence-electron chi connectivity index (χ2n) is 3.36. The van der Waals surface area contributed by atoms with Gasteiger partial charge < -0.3 is 0 Å². The molecule has 0 bridgehead atoms. The summed E-state index contributed by atoms with van der Waals surface area (Å²) < 4.78 is 0. The van der Waals surface area contributed by atoms with E-state index in [0.29, 0.717) is 20.3 Å². The molecule has 1 aliphatic rings. The molecule has 1 fully saturated rings. The van der Waals surface area contributed by atoms with Crippen molar-refractivity contribution in [2.45, 2.75) is 36.5 Å². The van der Waals surface area contributed by atoms with E-state index < -0.39 is 6.10 Å². The van der Waals surface area contributed by atoms with Gasteiger partial charge in [0.1, 0.15) is 0 Å². The number of carbonyl (C=O) groups is 1. The third-order valence-electron chi connectivity index (χ3n) is 2.28. The van der Waals surface area contributed by atoms with Crippen molar-refractivity contribution in [1.82, 2.24) is 4.90 Å². The summed E-state index contributed by atoms with van der Waals surface area (Å²) in [6.45, 7) is 1.68. The van der Waals surface area contributed by atoms with E-state index in [0.717, 1.165) is 25.9 Å². The molecule has 1 unspecified atom stereocenters. The summed E-state index contributed by atoms with van der Waals surface area (Å²) in [7, 11) is 0. The Balaban J connectivity index is 2.36. The molecule has 13 heavy (non-hydrogen) atoms. The predicted octanol–water partition coefficient (Wildman–Crippen LogP) is 0.530. The first-order chi connectivity index (χ1) is 6.25. The van der Waals surface area contributed by atoms with Crippen molar-refractivity contribution in [3.05, 3.63) is 0 Å². The number of piperidine rings is 1. The van der Waals surface area contributed by atoms with Gasteiger partial charge in [0, 0.05) is 0 Å². The van der Waals surface area contributed by atoms with Crippen LogP contribution in [0.3, 0.4) is 0 Å². The maximum absolute atomic E-state index is 11.6. The minimum atomic E-state index is -0.733. The minimum absolute atomic E-state index is 0.0524. The van der Waals surface area contributed by atoms with E-state index in [1.54, 1.807) is 4.90 Å². The Morgan fingerprint density at radius 3 is 2.62 bits per heavy atom. The van der Waals surface area contributed by atoms with Crippen LogP contribution in [0, 0.1) is 0 Å². The van der Waals surface area contributed by atoms with Crippen molar-refractivity contribution < 1.29 is 9.90 Å². The van der Waals surface area contributed by atoms with Crippen LogP contribution in [0.25, 0.3) is 0 Å². The van der Waals surface area contributed by atoms with Crippen LogP contribution in [0.15, 0.2) is 0 Å². The normalized spacial score (nSPS) is 20.0. The average molecular weight is 250 g/mol. The molecule has 1 saturated heterocycles. The Hall–Kier alpha value is -0.0505. The molecule has 1 aliphatic heterocycles. The van der Waals surface area contributed by atoms with Gasteiger partial charge in [-0.3, -0.25) is 0 Å². The zero-order valence-corrected chi connectivity index (χ0v) is 9.74. The van der Waals surface area contributed by atoms with Crippen molar-refractivity contribution in [2.24, 2.45) is 0 Å². The molecule has 1 N–H and O–H groups in total. The van der Waals surface area contributed by atoms with E-state index in [1.165, 1.54) is 6.42 Å². The van der Waals surface area contributed by atoms with Gasteiger partial charge in [0.2, 0.25) is 0 Å². The van der Waals surface area contributed by atoms with Gasteiger partial charge in [0.15, 0.2) is 0 Å². The first kappa shape index (κ1) is 11.0. The van der Waals surface area contributed by atoms with E-state index in [-0.39, 0.29) is 5.91 Å². The summed E-state index contributed by atoms with van der Waals surface area (Å²) in [6.07, 6.45) is 2.67. The van der Waals surface area contributed by atoms with Crippen LogP contribution in [0.5, 0.6) is 0 Å². The molecular weight excluding hydrogens is 233 g/mol. The molecule has 1 atom stereocenters. The number of amides is 1. The maximum atomic E-state index is 11.6. The van der Waals surface area contributed by atoms with Gasteiger partial charge in [-0.05, 0) is 0 Å². The number of hydrogen-bond acceptors (Lipinski definition) is 2. The van der Waals surface area contributed by atoms with Crippen molar-refractivity contribution in [3.63, 3.8) is 0 Å². The summed E-state index contributed by atoms with van der Waals surface area (Å²) in [6, 6.07) is 0. The molecule has 76 valence electrons. The molecule has 4 heteroatoms. The van der Waals surface area contributed by atoms with Gasteiger partial charge >= 0.3 is 85.3 Å². The van der Waals surface area contributed by atoms with Crippen molar-refractivity contribution in [2.75, 3.05) is 13.1 Å². The van der Waals surface area contributed by atoms with E-state index >= 15 is 0 Å². The molecule has 0 aromatic heterocycles. The Morgan fingerprint density at radius 1 is 1.46 bits per heavy atom. The topological polar surface area (TPSA) is 40.5 Å². The Labute approximate surface area is 85.6 Å². The van der Waals surface area contributed by atoms with Crippen LogP contribution in [-0.4, -0.2) is 50.1 Å².